The summed E-state index contributed by atoms with van der Waals surface area (Å²) in [6.07, 6.45) is 1.82. The maximum absolute atomic E-state index is 12.3. The van der Waals surface area contributed by atoms with E-state index in [0.717, 1.165) is 42.9 Å². The van der Waals surface area contributed by atoms with Crippen molar-refractivity contribution in [1.82, 2.24) is 9.88 Å². The number of amides is 1. The molecule has 1 aliphatic rings. The Morgan fingerprint density at radius 2 is 1.86 bits per heavy atom. The van der Waals surface area contributed by atoms with Crippen LogP contribution < -0.4 is 5.32 Å². The number of nitrogens with zero attached hydrogens (tertiary/aromatic N) is 2. The van der Waals surface area contributed by atoms with Gasteiger partial charge in [0.15, 0.2) is 11.5 Å². The van der Waals surface area contributed by atoms with Crippen molar-refractivity contribution in [2.75, 3.05) is 32.1 Å². The van der Waals surface area contributed by atoms with Crippen molar-refractivity contribution in [1.29, 1.82) is 0 Å². The van der Waals surface area contributed by atoms with Crippen LogP contribution >= 0.6 is 0 Å². The van der Waals surface area contributed by atoms with Gasteiger partial charge in [-0.05, 0) is 62.3 Å². The van der Waals surface area contributed by atoms with Crippen molar-refractivity contribution in [2.45, 2.75) is 18.8 Å². The highest BCUT2D eigenvalue weighted by Gasteiger charge is 2.25. The van der Waals surface area contributed by atoms with Crippen molar-refractivity contribution in [3.63, 3.8) is 0 Å². The van der Waals surface area contributed by atoms with Crippen molar-refractivity contribution in [2.24, 2.45) is 0 Å². The van der Waals surface area contributed by atoms with Crippen LogP contribution in [0.15, 0.2) is 52.9 Å². The number of ether oxygens (including phenoxy) is 1. The van der Waals surface area contributed by atoms with E-state index in [2.05, 4.69) is 19.9 Å². The van der Waals surface area contributed by atoms with E-state index in [1.165, 1.54) is 7.11 Å². The van der Waals surface area contributed by atoms with Crippen LogP contribution in [-0.4, -0.2) is 48.5 Å². The number of benzene rings is 2. The molecule has 2 heterocycles. The lowest BCUT2D eigenvalue weighted by atomic mass is 9.97. The summed E-state index contributed by atoms with van der Waals surface area (Å²) in [5.41, 5.74) is 2.82. The molecule has 29 heavy (non-hydrogen) atoms. The van der Waals surface area contributed by atoms with E-state index in [9.17, 15) is 9.59 Å². The van der Waals surface area contributed by atoms with Gasteiger partial charge in [0.05, 0.1) is 19.2 Å². The number of aromatic nitrogens is 1. The second kappa shape index (κ2) is 8.45. The molecule has 0 bridgehead atoms. The van der Waals surface area contributed by atoms with Crippen molar-refractivity contribution in [3.8, 4) is 0 Å². The van der Waals surface area contributed by atoms with Gasteiger partial charge in [-0.25, -0.2) is 9.78 Å². The normalized spacial score (nSPS) is 15.3. The Balaban J connectivity index is 1.28. The third kappa shape index (κ3) is 4.46. The summed E-state index contributed by atoms with van der Waals surface area (Å²) in [6.45, 7) is 1.97. The lowest BCUT2D eigenvalue weighted by molar-refractivity contribution is -0.117. The summed E-state index contributed by atoms with van der Waals surface area (Å²) >= 11 is 0. The molecule has 0 atom stereocenters. The topological polar surface area (TPSA) is 84.7 Å². The number of hydrogen-bond donors (Lipinski definition) is 1. The highest BCUT2D eigenvalue weighted by molar-refractivity contribution is 5.94. The van der Waals surface area contributed by atoms with E-state index in [0.29, 0.717) is 17.8 Å². The van der Waals surface area contributed by atoms with E-state index in [-0.39, 0.29) is 11.8 Å². The minimum Gasteiger partial charge on any atom is -0.465 e. The molecule has 0 spiro atoms. The fourth-order valence-electron chi connectivity index (χ4n) is 3.61. The van der Waals surface area contributed by atoms with Crippen molar-refractivity contribution in [3.05, 3.63) is 60.0 Å². The quantitative estimate of drug-likeness (QED) is 0.669. The van der Waals surface area contributed by atoms with E-state index >= 15 is 0 Å². The molecule has 0 saturated carbocycles. The third-order valence-corrected chi connectivity index (χ3v) is 5.20. The fourth-order valence-corrected chi connectivity index (χ4v) is 3.61. The number of hydrogen-bond acceptors (Lipinski definition) is 6. The molecule has 0 radical (unpaired) electrons. The third-order valence-electron chi connectivity index (χ3n) is 5.20. The second-order valence-corrected chi connectivity index (χ2v) is 7.19. The van der Waals surface area contributed by atoms with Crippen LogP contribution in [0.1, 0.15) is 35.0 Å². The molecule has 3 aromatic rings. The highest BCUT2D eigenvalue weighted by Crippen LogP contribution is 2.29. The lowest BCUT2D eigenvalue weighted by Gasteiger charge is -2.29. The van der Waals surface area contributed by atoms with Gasteiger partial charge in [-0.15, -0.1) is 0 Å². The first kappa shape index (κ1) is 19.1. The molecule has 0 aliphatic carbocycles. The van der Waals surface area contributed by atoms with Gasteiger partial charge in [-0.3, -0.25) is 9.69 Å². The number of anilines is 1. The zero-order valence-corrected chi connectivity index (χ0v) is 16.3. The summed E-state index contributed by atoms with van der Waals surface area (Å²) < 4.78 is 10.6. The van der Waals surface area contributed by atoms with E-state index in [1.807, 2.05) is 24.3 Å². The van der Waals surface area contributed by atoms with Gasteiger partial charge in [0.1, 0.15) is 5.52 Å². The number of likely N-dealkylation sites (tertiary alicyclic amines) is 1. The van der Waals surface area contributed by atoms with Crippen molar-refractivity contribution >= 4 is 28.7 Å². The Morgan fingerprint density at radius 1 is 1.14 bits per heavy atom. The number of oxazole rings is 1. The molecule has 1 saturated heterocycles. The minimum absolute atomic E-state index is 0.0730. The first-order valence-corrected chi connectivity index (χ1v) is 9.68. The summed E-state index contributed by atoms with van der Waals surface area (Å²) in [7, 11) is 1.34. The SMILES string of the molecule is COC(=O)c1ccc(NC(=O)CN2CCC(c3nc4ccccc4o3)CC2)cc1. The van der Waals surface area contributed by atoms with Gasteiger partial charge in [-0.2, -0.15) is 0 Å². The molecule has 150 valence electrons. The Kier molecular flexibility index (Phi) is 5.57. The van der Waals surface area contributed by atoms with E-state index in [4.69, 9.17) is 4.42 Å². The Labute approximate surface area is 168 Å². The maximum atomic E-state index is 12.3. The number of esters is 1. The van der Waals surface area contributed by atoms with Crippen LogP contribution in [-0.2, 0) is 9.53 Å². The molecule has 2 aromatic carbocycles. The summed E-state index contributed by atoms with van der Waals surface area (Å²) in [5.74, 6) is 0.606. The van der Waals surface area contributed by atoms with Crippen LogP contribution in [0.2, 0.25) is 0 Å². The number of nitrogens with one attached hydrogen (secondary N) is 1. The van der Waals surface area contributed by atoms with Crippen LogP contribution in [0.3, 0.4) is 0 Å². The molecular weight excluding hydrogens is 370 g/mol. The molecule has 1 fully saturated rings. The molecule has 0 unspecified atom stereocenters. The van der Waals surface area contributed by atoms with Crippen LogP contribution in [0.4, 0.5) is 5.69 Å². The number of fused-ring (bicyclic) bond motifs is 1. The van der Waals surface area contributed by atoms with Crippen LogP contribution in [0.25, 0.3) is 11.1 Å². The van der Waals surface area contributed by atoms with Crippen LogP contribution in [0, 0.1) is 0 Å². The highest BCUT2D eigenvalue weighted by atomic mass is 16.5. The van der Waals surface area contributed by atoms with Gasteiger partial charge in [0, 0.05) is 11.6 Å². The maximum Gasteiger partial charge on any atom is 0.337 e. The standard InChI is InChI=1S/C22H23N3O4/c1-28-22(27)16-6-8-17(9-7-16)23-20(26)14-25-12-10-15(11-13-25)21-24-18-4-2-3-5-19(18)29-21/h2-9,15H,10-14H2,1H3,(H,23,26). The molecular formula is C22H23N3O4. The van der Waals surface area contributed by atoms with Gasteiger partial charge in [0.25, 0.3) is 0 Å². The monoisotopic (exact) mass is 393 g/mol. The molecule has 1 aromatic heterocycles. The predicted octanol–water partition coefficient (Wildman–Crippen LogP) is 3.43. The molecule has 4 rings (SSSR count). The fraction of sp³-hybridized carbons (Fsp3) is 0.318. The van der Waals surface area contributed by atoms with Crippen molar-refractivity contribution < 1.29 is 18.7 Å². The van der Waals surface area contributed by atoms with Crippen LogP contribution in [0.5, 0.6) is 0 Å². The van der Waals surface area contributed by atoms with Gasteiger partial charge in [-0.1, -0.05) is 12.1 Å². The summed E-state index contributed by atoms with van der Waals surface area (Å²) in [4.78, 5) is 30.6. The number of piperidine rings is 1. The number of methoxy groups -OCH3 is 1. The number of rotatable bonds is 5. The van der Waals surface area contributed by atoms with Gasteiger partial charge in [0.2, 0.25) is 5.91 Å². The predicted molar refractivity (Wildman–Crippen MR) is 109 cm³/mol. The number of carbonyl (C=O) groups excluding carboxylic acids is 2. The summed E-state index contributed by atoms with van der Waals surface area (Å²) in [5, 5.41) is 2.87. The molecule has 7 heteroatoms. The van der Waals surface area contributed by atoms with E-state index < -0.39 is 5.97 Å². The second-order valence-electron chi connectivity index (χ2n) is 7.19. The number of para-hydroxylation sites is 2. The smallest absolute Gasteiger partial charge is 0.337 e. The van der Waals surface area contributed by atoms with Gasteiger partial charge < -0.3 is 14.5 Å². The number of carbonyl (C=O) groups is 2. The first-order valence-electron chi connectivity index (χ1n) is 9.68. The Hall–Kier alpha value is -3.19. The zero-order valence-electron chi connectivity index (χ0n) is 16.3. The van der Waals surface area contributed by atoms with Gasteiger partial charge >= 0.3 is 5.97 Å². The van der Waals surface area contributed by atoms with E-state index in [1.54, 1.807) is 24.3 Å². The Morgan fingerprint density at radius 3 is 2.55 bits per heavy atom. The average Bonchev–Trinajstić information content (AvgIpc) is 3.18. The first-order chi connectivity index (χ1) is 14.1. The Bertz CT molecular complexity index is 971. The average molecular weight is 393 g/mol. The lowest BCUT2D eigenvalue weighted by Crippen LogP contribution is -2.38. The minimum atomic E-state index is -0.398. The summed E-state index contributed by atoms with van der Waals surface area (Å²) in [6, 6.07) is 14.5. The molecule has 1 amide bonds. The molecule has 1 aliphatic heterocycles. The molecule has 1 N–H and O–H groups in total. The molecule has 7 nitrogen and oxygen atoms in total. The largest absolute Gasteiger partial charge is 0.465 e. The zero-order chi connectivity index (χ0) is 20.2.